The number of aromatic nitrogens is 1. The highest BCUT2D eigenvalue weighted by Gasteiger charge is 2.11. The molecule has 0 unspecified atom stereocenters. The number of nitrogens with two attached hydrogens (primary N) is 1. The van der Waals surface area contributed by atoms with Gasteiger partial charge in [0, 0.05) is 25.0 Å². The zero-order chi connectivity index (χ0) is 11.7. The normalized spacial score (nSPS) is 13.9. The number of hydrogen-bond acceptors (Lipinski definition) is 1. The lowest BCUT2D eigenvalue weighted by atomic mass is 10.1. The second-order valence-corrected chi connectivity index (χ2v) is 4.79. The Balaban J connectivity index is 1.86. The fourth-order valence-corrected chi connectivity index (χ4v) is 2.71. The molecule has 2 nitrogen and oxygen atoms in total. The number of hydrogen-bond donors (Lipinski definition) is 1. The van der Waals surface area contributed by atoms with Crippen molar-refractivity contribution in [3.8, 4) is 0 Å². The Morgan fingerprint density at radius 3 is 2.88 bits per heavy atom. The quantitative estimate of drug-likeness (QED) is 0.856. The third-order valence-corrected chi connectivity index (χ3v) is 3.65. The van der Waals surface area contributed by atoms with Crippen LogP contribution in [0.5, 0.6) is 0 Å². The van der Waals surface area contributed by atoms with Crippen LogP contribution < -0.4 is 5.73 Å². The molecule has 0 saturated heterocycles. The molecular formula is C15H18N2. The topological polar surface area (TPSA) is 30.9 Å². The number of nitrogens with zero attached hydrogens (tertiary/aromatic N) is 1. The average molecular weight is 226 g/mol. The van der Waals surface area contributed by atoms with E-state index in [0.29, 0.717) is 6.54 Å². The summed E-state index contributed by atoms with van der Waals surface area (Å²) in [5, 5.41) is 0. The predicted molar refractivity (Wildman–Crippen MR) is 69.9 cm³/mol. The minimum atomic E-state index is 0.609. The lowest BCUT2D eigenvalue weighted by Crippen LogP contribution is -2.07. The van der Waals surface area contributed by atoms with Crippen molar-refractivity contribution in [2.75, 3.05) is 0 Å². The van der Waals surface area contributed by atoms with E-state index in [1.165, 1.54) is 30.5 Å². The molecule has 0 saturated carbocycles. The highest BCUT2D eigenvalue weighted by molar-refractivity contribution is 5.35. The van der Waals surface area contributed by atoms with E-state index in [1.54, 1.807) is 11.1 Å². The molecule has 0 aliphatic heterocycles. The molecule has 17 heavy (non-hydrogen) atoms. The van der Waals surface area contributed by atoms with Crippen molar-refractivity contribution in [2.45, 2.75) is 32.4 Å². The molecule has 0 amide bonds. The molecule has 0 atom stereocenters. The summed E-state index contributed by atoms with van der Waals surface area (Å²) in [4.78, 5) is 0. The maximum atomic E-state index is 5.72. The minimum absolute atomic E-state index is 0.609. The van der Waals surface area contributed by atoms with Crippen LogP contribution in [0.2, 0.25) is 0 Å². The summed E-state index contributed by atoms with van der Waals surface area (Å²) in [6.45, 7) is 1.55. The first-order chi connectivity index (χ1) is 8.36. The Morgan fingerprint density at radius 2 is 2.00 bits per heavy atom. The van der Waals surface area contributed by atoms with Gasteiger partial charge in [-0.15, -0.1) is 0 Å². The SMILES string of the molecule is NCc1cccn1Cc1ccc2c(c1)CCC2. The van der Waals surface area contributed by atoms with Gasteiger partial charge < -0.3 is 10.3 Å². The van der Waals surface area contributed by atoms with Crippen LogP contribution >= 0.6 is 0 Å². The van der Waals surface area contributed by atoms with Crippen LogP contribution in [0.15, 0.2) is 36.5 Å². The summed E-state index contributed by atoms with van der Waals surface area (Å²) in [6, 6.07) is 11.1. The van der Waals surface area contributed by atoms with Crippen LogP contribution in [0.25, 0.3) is 0 Å². The third kappa shape index (κ3) is 2.01. The molecule has 2 heteroatoms. The van der Waals surface area contributed by atoms with Gasteiger partial charge in [-0.25, -0.2) is 0 Å². The van der Waals surface area contributed by atoms with Crippen molar-refractivity contribution in [1.82, 2.24) is 4.57 Å². The lowest BCUT2D eigenvalue weighted by molar-refractivity contribution is 0.743. The molecule has 0 fully saturated rings. The van der Waals surface area contributed by atoms with E-state index in [2.05, 4.69) is 41.1 Å². The van der Waals surface area contributed by atoms with Gasteiger partial charge >= 0.3 is 0 Å². The molecule has 3 rings (SSSR count). The van der Waals surface area contributed by atoms with E-state index in [1.807, 2.05) is 0 Å². The van der Waals surface area contributed by atoms with E-state index in [9.17, 15) is 0 Å². The summed E-state index contributed by atoms with van der Waals surface area (Å²) < 4.78 is 2.23. The van der Waals surface area contributed by atoms with Gasteiger partial charge in [0.15, 0.2) is 0 Å². The summed E-state index contributed by atoms with van der Waals surface area (Å²) in [6.07, 6.45) is 5.93. The van der Waals surface area contributed by atoms with Gasteiger partial charge in [-0.1, -0.05) is 18.2 Å². The zero-order valence-corrected chi connectivity index (χ0v) is 10.0. The van der Waals surface area contributed by atoms with Crippen molar-refractivity contribution in [3.05, 3.63) is 58.9 Å². The van der Waals surface area contributed by atoms with Crippen LogP contribution in [0.1, 0.15) is 28.8 Å². The fourth-order valence-electron chi connectivity index (χ4n) is 2.71. The standard InChI is InChI=1S/C15H18N2/c16-10-15-5-2-8-17(15)11-12-6-7-13-3-1-4-14(13)9-12/h2,5-9H,1,3-4,10-11,16H2. The summed E-state index contributed by atoms with van der Waals surface area (Å²) in [5.74, 6) is 0. The summed E-state index contributed by atoms with van der Waals surface area (Å²) >= 11 is 0. The highest BCUT2D eigenvalue weighted by Crippen LogP contribution is 2.23. The van der Waals surface area contributed by atoms with Gasteiger partial charge in [0.25, 0.3) is 0 Å². The third-order valence-electron chi connectivity index (χ3n) is 3.65. The monoisotopic (exact) mass is 226 g/mol. The Kier molecular flexibility index (Phi) is 2.73. The molecule has 1 aromatic carbocycles. The van der Waals surface area contributed by atoms with E-state index in [0.717, 1.165) is 6.54 Å². The van der Waals surface area contributed by atoms with Crippen molar-refractivity contribution in [1.29, 1.82) is 0 Å². The zero-order valence-electron chi connectivity index (χ0n) is 10.0. The number of benzene rings is 1. The average Bonchev–Trinajstić information content (AvgIpc) is 2.96. The minimum Gasteiger partial charge on any atom is -0.346 e. The van der Waals surface area contributed by atoms with Crippen LogP contribution in [0, 0.1) is 0 Å². The Bertz CT molecular complexity index is 525. The molecule has 1 aliphatic carbocycles. The second-order valence-electron chi connectivity index (χ2n) is 4.79. The molecule has 2 N–H and O–H groups in total. The van der Waals surface area contributed by atoms with Gasteiger partial charge in [-0.05, 0) is 48.1 Å². The van der Waals surface area contributed by atoms with Crippen molar-refractivity contribution in [3.63, 3.8) is 0 Å². The van der Waals surface area contributed by atoms with Gasteiger partial charge in [0.05, 0.1) is 0 Å². The van der Waals surface area contributed by atoms with Crippen molar-refractivity contribution in [2.24, 2.45) is 5.73 Å². The van der Waals surface area contributed by atoms with Gasteiger partial charge in [0.1, 0.15) is 0 Å². The van der Waals surface area contributed by atoms with E-state index in [-0.39, 0.29) is 0 Å². The molecular weight excluding hydrogens is 208 g/mol. The Hall–Kier alpha value is -1.54. The fraction of sp³-hybridized carbons (Fsp3) is 0.333. The first kappa shape index (κ1) is 10.6. The smallest absolute Gasteiger partial charge is 0.0473 e. The van der Waals surface area contributed by atoms with Crippen LogP contribution in [-0.2, 0) is 25.9 Å². The van der Waals surface area contributed by atoms with E-state index >= 15 is 0 Å². The van der Waals surface area contributed by atoms with E-state index < -0.39 is 0 Å². The van der Waals surface area contributed by atoms with Crippen LogP contribution in [-0.4, -0.2) is 4.57 Å². The molecule has 0 radical (unpaired) electrons. The number of fused-ring (bicyclic) bond motifs is 1. The van der Waals surface area contributed by atoms with Crippen molar-refractivity contribution < 1.29 is 0 Å². The number of rotatable bonds is 3. The van der Waals surface area contributed by atoms with Gasteiger partial charge in [-0.3, -0.25) is 0 Å². The summed E-state index contributed by atoms with van der Waals surface area (Å²) in [5.41, 5.74) is 11.4. The molecule has 1 heterocycles. The Labute approximate surface area is 102 Å². The van der Waals surface area contributed by atoms with Crippen molar-refractivity contribution >= 4 is 0 Å². The first-order valence-corrected chi connectivity index (χ1v) is 6.31. The molecule has 2 aromatic rings. The largest absolute Gasteiger partial charge is 0.346 e. The lowest BCUT2D eigenvalue weighted by Gasteiger charge is -2.09. The van der Waals surface area contributed by atoms with Gasteiger partial charge in [0.2, 0.25) is 0 Å². The highest BCUT2D eigenvalue weighted by atomic mass is 15.0. The van der Waals surface area contributed by atoms with Crippen LogP contribution in [0.4, 0.5) is 0 Å². The second kappa shape index (κ2) is 4.38. The molecule has 0 spiro atoms. The first-order valence-electron chi connectivity index (χ1n) is 6.31. The molecule has 0 bridgehead atoms. The maximum Gasteiger partial charge on any atom is 0.0473 e. The molecule has 1 aliphatic rings. The Morgan fingerprint density at radius 1 is 1.12 bits per heavy atom. The van der Waals surface area contributed by atoms with Gasteiger partial charge in [-0.2, -0.15) is 0 Å². The van der Waals surface area contributed by atoms with Crippen LogP contribution in [0.3, 0.4) is 0 Å². The predicted octanol–water partition coefficient (Wildman–Crippen LogP) is 2.48. The number of aryl methyl sites for hydroxylation is 2. The molecule has 1 aromatic heterocycles. The summed E-state index contributed by atoms with van der Waals surface area (Å²) in [7, 11) is 0. The maximum absolute atomic E-state index is 5.72. The van der Waals surface area contributed by atoms with E-state index in [4.69, 9.17) is 5.73 Å². The molecule has 88 valence electrons.